The second-order valence-corrected chi connectivity index (χ2v) is 8.02. The maximum absolute atomic E-state index is 12.1. The van der Waals surface area contributed by atoms with Gasteiger partial charge in [0.25, 0.3) is 0 Å². The van der Waals surface area contributed by atoms with Crippen molar-refractivity contribution in [2.75, 3.05) is 6.61 Å². The molecule has 2 rings (SSSR count). The predicted octanol–water partition coefficient (Wildman–Crippen LogP) is 3.22. The van der Waals surface area contributed by atoms with Gasteiger partial charge < -0.3 is 28.4 Å². The summed E-state index contributed by atoms with van der Waals surface area (Å²) in [4.78, 5) is 47.8. The number of halogens is 3. The molecular formula is C20H21BrCl2O10. The van der Waals surface area contributed by atoms with Crippen molar-refractivity contribution < 1.29 is 53.1 Å². The van der Waals surface area contributed by atoms with Gasteiger partial charge in [-0.2, -0.15) is 0 Å². The van der Waals surface area contributed by atoms with Crippen molar-refractivity contribution in [3.63, 3.8) is 0 Å². The van der Waals surface area contributed by atoms with Gasteiger partial charge in [-0.25, -0.2) is 0 Å². The monoisotopic (exact) mass is 574 g/mol. The summed E-state index contributed by atoms with van der Waals surface area (Å²) >= 11 is 15.4. The van der Waals surface area contributed by atoms with Gasteiger partial charge >= 0.3 is 23.9 Å². The highest BCUT2D eigenvalue weighted by atomic mass is 79.9. The molecule has 33 heavy (non-hydrogen) atoms. The van der Waals surface area contributed by atoms with Crippen LogP contribution in [0.4, 0.5) is 0 Å². The van der Waals surface area contributed by atoms with E-state index in [-0.39, 0.29) is 15.8 Å². The maximum Gasteiger partial charge on any atom is 0.303 e. The molecule has 0 aromatic heterocycles. The summed E-state index contributed by atoms with van der Waals surface area (Å²) in [5.41, 5.74) is 0. The first-order valence-electron chi connectivity index (χ1n) is 11.7. The average Bonchev–Trinajstić information content (AvgIpc) is 2.88. The fourth-order valence-electron chi connectivity index (χ4n) is 2.87. The Bertz CT molecular complexity index is 981. The Morgan fingerprint density at radius 3 is 1.97 bits per heavy atom. The van der Waals surface area contributed by atoms with Crippen molar-refractivity contribution in [3.8, 4) is 5.75 Å². The zero-order chi connectivity index (χ0) is 27.7. The quantitative estimate of drug-likeness (QED) is 0.272. The van der Waals surface area contributed by atoms with Crippen molar-refractivity contribution in [2.45, 2.75) is 58.3 Å². The molecular weight excluding hydrogens is 551 g/mol. The Hall–Kier alpha value is -2.08. The van der Waals surface area contributed by atoms with Crippen LogP contribution >= 0.6 is 39.1 Å². The number of hydrogen-bond donors (Lipinski definition) is 0. The number of hydrogen-bond acceptors (Lipinski definition) is 10. The van der Waals surface area contributed by atoms with E-state index in [1.165, 1.54) is 12.1 Å². The van der Waals surface area contributed by atoms with E-state index in [2.05, 4.69) is 15.9 Å². The van der Waals surface area contributed by atoms with Gasteiger partial charge in [0.05, 0.1) is 14.5 Å². The molecule has 1 aromatic rings. The molecule has 182 valence electrons. The van der Waals surface area contributed by atoms with Crippen LogP contribution in [0.15, 0.2) is 16.6 Å². The molecule has 1 heterocycles. The Morgan fingerprint density at radius 1 is 0.909 bits per heavy atom. The van der Waals surface area contributed by atoms with Crippen LogP contribution < -0.4 is 4.74 Å². The molecule has 1 saturated heterocycles. The molecule has 1 aromatic carbocycles. The first-order chi connectivity index (χ1) is 17.5. The molecule has 0 spiro atoms. The molecule has 0 aliphatic carbocycles. The summed E-state index contributed by atoms with van der Waals surface area (Å²) in [6.45, 7) is -3.91. The molecule has 1 aliphatic heterocycles. The molecule has 10 nitrogen and oxygen atoms in total. The predicted molar refractivity (Wildman–Crippen MR) is 117 cm³/mol. The molecule has 1 aliphatic rings. The van der Waals surface area contributed by atoms with Crippen molar-refractivity contribution in [1.82, 2.24) is 0 Å². The minimum absolute atomic E-state index is 0.00389. The van der Waals surface area contributed by atoms with Gasteiger partial charge in [0.1, 0.15) is 18.5 Å². The van der Waals surface area contributed by atoms with Crippen molar-refractivity contribution >= 4 is 63.0 Å². The van der Waals surface area contributed by atoms with E-state index in [0.717, 1.165) is 0 Å². The number of carbonyl (C=O) groups excluding carboxylic acids is 4. The van der Waals surface area contributed by atoms with Gasteiger partial charge in [-0.1, -0.05) is 23.2 Å². The fraction of sp³-hybridized carbons (Fsp3) is 0.500. The third-order valence-electron chi connectivity index (χ3n) is 4.01. The SMILES string of the molecule is [2H]CC(=O)OC[C@H]1OC(Oc2cc(Cl)c(Br)c(Cl)c2)[C@@H](OC(=O)C[2H])[C@@H](OC(=O)C[2H])[C@@H]1OC(=O)C[2H]. The van der Waals surface area contributed by atoms with Gasteiger partial charge in [-0.3, -0.25) is 19.2 Å². The minimum Gasteiger partial charge on any atom is -0.463 e. The number of carbonyl (C=O) groups is 4. The molecule has 0 amide bonds. The zero-order valence-corrected chi connectivity index (χ0v) is 19.9. The standard InChI is InChI=1S/C20H21BrCl2O10/c1-8(24)28-7-15-17(29-9(2)25)18(30-10(3)26)19(31-11(4)27)20(33-15)32-12-5-13(22)16(21)14(23)6-12/h5-6,15,17-20H,7H2,1-4H3/t15-,17-,18+,19+,20?/m1/s1/i1D,2D,3D,4D. The Labute approximate surface area is 213 Å². The van der Waals surface area contributed by atoms with Gasteiger partial charge in [-0.15, -0.1) is 0 Å². The first kappa shape index (κ1) is 21.5. The lowest BCUT2D eigenvalue weighted by Gasteiger charge is -2.43. The zero-order valence-electron chi connectivity index (χ0n) is 20.8. The van der Waals surface area contributed by atoms with Crippen LogP contribution in [-0.4, -0.2) is 61.2 Å². The van der Waals surface area contributed by atoms with Crippen LogP contribution in [0.3, 0.4) is 0 Å². The molecule has 0 N–H and O–H groups in total. The first-order valence-corrected chi connectivity index (χ1v) is 10.5. The highest BCUT2D eigenvalue weighted by molar-refractivity contribution is 9.10. The number of esters is 4. The topological polar surface area (TPSA) is 124 Å². The third-order valence-corrected chi connectivity index (χ3v) is 5.92. The maximum atomic E-state index is 12.1. The van der Waals surface area contributed by atoms with Gasteiger partial charge in [-0.05, 0) is 15.9 Å². The van der Waals surface area contributed by atoms with Crippen LogP contribution in [0.2, 0.25) is 10.0 Å². The van der Waals surface area contributed by atoms with E-state index in [4.69, 9.17) is 57.1 Å². The highest BCUT2D eigenvalue weighted by Crippen LogP contribution is 2.37. The summed E-state index contributed by atoms with van der Waals surface area (Å²) in [6, 6.07) is 2.66. The van der Waals surface area contributed by atoms with E-state index in [1.54, 1.807) is 0 Å². The van der Waals surface area contributed by atoms with Crippen LogP contribution in [0.5, 0.6) is 5.75 Å². The van der Waals surface area contributed by atoms with Gasteiger partial charge in [0.2, 0.25) is 12.4 Å². The van der Waals surface area contributed by atoms with Gasteiger partial charge in [0, 0.05) is 45.2 Å². The lowest BCUT2D eigenvalue weighted by molar-refractivity contribution is -0.288. The molecule has 1 unspecified atom stereocenters. The normalized spacial score (nSPS) is 26.0. The van der Waals surface area contributed by atoms with Crippen LogP contribution in [0.1, 0.15) is 33.1 Å². The minimum atomic E-state index is -1.68. The molecule has 0 bridgehead atoms. The van der Waals surface area contributed by atoms with Gasteiger partial charge in [0.15, 0.2) is 12.2 Å². The van der Waals surface area contributed by atoms with E-state index in [1.807, 2.05) is 0 Å². The molecule has 1 fully saturated rings. The summed E-state index contributed by atoms with van der Waals surface area (Å²) in [7, 11) is 0. The average molecular weight is 576 g/mol. The lowest BCUT2D eigenvalue weighted by Crippen LogP contribution is -2.63. The molecule has 0 radical (unpaired) electrons. The second kappa shape index (κ2) is 11.9. The van der Waals surface area contributed by atoms with E-state index in [0.29, 0.717) is 4.47 Å². The third kappa shape index (κ3) is 7.73. The second-order valence-electron chi connectivity index (χ2n) is 6.41. The molecule has 13 heteroatoms. The summed E-state index contributed by atoms with van der Waals surface area (Å²) in [6.07, 6.45) is -7.98. The number of rotatable bonds is 7. The fourth-order valence-corrected chi connectivity index (χ4v) is 3.57. The van der Waals surface area contributed by atoms with Crippen LogP contribution in [0.25, 0.3) is 0 Å². The van der Waals surface area contributed by atoms with E-state index < -0.39 is 88.8 Å². The van der Waals surface area contributed by atoms with Crippen LogP contribution in [-0.2, 0) is 42.9 Å². The summed E-state index contributed by atoms with van der Waals surface area (Å²) in [5.74, 6) is -4.25. The lowest BCUT2D eigenvalue weighted by atomic mass is 9.98. The van der Waals surface area contributed by atoms with Crippen molar-refractivity contribution in [3.05, 3.63) is 26.7 Å². The molecule has 5 atom stereocenters. The van der Waals surface area contributed by atoms with Crippen molar-refractivity contribution in [2.24, 2.45) is 0 Å². The largest absolute Gasteiger partial charge is 0.463 e. The number of benzene rings is 1. The number of ether oxygens (including phenoxy) is 6. The Morgan fingerprint density at radius 2 is 1.42 bits per heavy atom. The smallest absolute Gasteiger partial charge is 0.303 e. The van der Waals surface area contributed by atoms with E-state index in [9.17, 15) is 19.2 Å². The summed E-state index contributed by atoms with van der Waals surface area (Å²) < 4.78 is 61.5. The Kier molecular flexibility index (Phi) is 7.71. The summed E-state index contributed by atoms with van der Waals surface area (Å²) in [5, 5.41) is 0.275. The Balaban J connectivity index is 2.55. The van der Waals surface area contributed by atoms with E-state index >= 15 is 0 Å². The van der Waals surface area contributed by atoms with Crippen molar-refractivity contribution in [1.29, 1.82) is 0 Å². The molecule has 0 saturated carbocycles. The highest BCUT2D eigenvalue weighted by Gasteiger charge is 2.53. The van der Waals surface area contributed by atoms with Crippen LogP contribution in [0, 0.1) is 0 Å².